The lowest BCUT2D eigenvalue weighted by atomic mass is 10.2. The Kier molecular flexibility index (Phi) is 4.81. The van der Waals surface area contributed by atoms with Gasteiger partial charge in [0, 0.05) is 19.0 Å². The Balaban J connectivity index is 1.88. The summed E-state index contributed by atoms with van der Waals surface area (Å²) < 4.78 is 9.83. The van der Waals surface area contributed by atoms with Crippen molar-refractivity contribution in [3.63, 3.8) is 0 Å². The molecule has 1 aromatic carbocycles. The predicted molar refractivity (Wildman–Crippen MR) is 80.9 cm³/mol. The molecule has 0 saturated carbocycles. The second kappa shape index (κ2) is 6.78. The minimum atomic E-state index is -0.148. The number of benzene rings is 1. The van der Waals surface area contributed by atoms with Crippen molar-refractivity contribution < 1.29 is 14.1 Å². The van der Waals surface area contributed by atoms with Crippen molar-refractivity contribution in [1.29, 1.82) is 0 Å². The van der Waals surface area contributed by atoms with Gasteiger partial charge >= 0.3 is 0 Å². The van der Waals surface area contributed by atoms with E-state index in [1.54, 1.807) is 18.2 Å². The van der Waals surface area contributed by atoms with E-state index in [9.17, 15) is 4.79 Å². The van der Waals surface area contributed by atoms with Crippen molar-refractivity contribution >= 4 is 17.3 Å². The molecule has 0 radical (unpaired) electrons. The number of nitrogens with two attached hydrogens (primary N) is 1. The molecule has 0 bridgehead atoms. The second-order valence-electron chi connectivity index (χ2n) is 4.96. The van der Waals surface area contributed by atoms with Crippen molar-refractivity contribution in [2.45, 2.75) is 19.9 Å². The van der Waals surface area contributed by atoms with Crippen molar-refractivity contribution in [3.05, 3.63) is 36.9 Å². The maximum Gasteiger partial charge on any atom is 0.243 e. The van der Waals surface area contributed by atoms with Crippen LogP contribution in [0.3, 0.4) is 0 Å². The molecule has 1 heterocycles. The Hall–Kier alpha value is -2.50. The third-order valence-electron chi connectivity index (χ3n) is 2.96. The summed E-state index contributed by atoms with van der Waals surface area (Å²) in [6.07, 6.45) is 6.91. The fourth-order valence-electron chi connectivity index (χ4n) is 2.02. The van der Waals surface area contributed by atoms with E-state index in [2.05, 4.69) is 9.88 Å². The highest BCUT2D eigenvalue weighted by Gasteiger charge is 2.06. The molecule has 0 saturated heterocycles. The molecule has 112 valence electrons. The van der Waals surface area contributed by atoms with Gasteiger partial charge in [-0.25, -0.2) is 9.13 Å². The molecule has 0 aliphatic rings. The van der Waals surface area contributed by atoms with Crippen LogP contribution < -0.4 is 20.4 Å². The number of nitrogens with zero attached hydrogens (tertiary/aromatic N) is 2. The third kappa shape index (κ3) is 4.52. The van der Waals surface area contributed by atoms with Crippen molar-refractivity contribution in [3.8, 4) is 5.75 Å². The molecule has 3 N–H and O–H groups in total. The van der Waals surface area contributed by atoms with Crippen molar-refractivity contribution in [2.24, 2.45) is 7.05 Å². The molecule has 0 spiro atoms. The Bertz CT molecular complexity index is 622. The van der Waals surface area contributed by atoms with Gasteiger partial charge in [0.05, 0.1) is 25.9 Å². The van der Waals surface area contributed by atoms with Crippen molar-refractivity contribution in [1.82, 2.24) is 4.57 Å². The molecule has 0 aliphatic heterocycles. The highest BCUT2D eigenvalue weighted by atomic mass is 16.5. The van der Waals surface area contributed by atoms with E-state index in [0.29, 0.717) is 23.7 Å². The number of rotatable bonds is 6. The molecular weight excluding hydrogens is 268 g/mol. The summed E-state index contributed by atoms with van der Waals surface area (Å²) in [5.74, 6) is 0.489. The zero-order valence-electron chi connectivity index (χ0n) is 12.4. The second-order valence-corrected chi connectivity index (χ2v) is 4.96. The molecule has 0 fully saturated rings. The van der Waals surface area contributed by atoms with Crippen LogP contribution in [-0.4, -0.2) is 17.1 Å². The number of aromatic nitrogens is 2. The number of nitrogens with one attached hydrogen (secondary N) is 1. The molecule has 0 atom stereocenters. The molecule has 2 rings (SSSR count). The highest BCUT2D eigenvalue weighted by molar-refractivity contribution is 5.91. The summed E-state index contributed by atoms with van der Waals surface area (Å²) in [4.78, 5) is 11.2. The number of carbonyl (C=O) groups is 1. The quantitative estimate of drug-likeness (QED) is 0.478. The number of hydrogen-bond donors (Lipinski definition) is 2. The largest absolute Gasteiger partial charge is 0.491 e. The first-order chi connectivity index (χ1) is 10.0. The maximum absolute atomic E-state index is 11.2. The number of nitrogen functional groups attached to an aromatic ring is 1. The van der Waals surface area contributed by atoms with Gasteiger partial charge in [-0.05, 0) is 18.2 Å². The summed E-state index contributed by atoms with van der Waals surface area (Å²) in [7, 11) is 1.99. The minimum Gasteiger partial charge on any atom is -0.491 e. The van der Waals surface area contributed by atoms with Gasteiger partial charge in [0.2, 0.25) is 12.2 Å². The average Bonchev–Trinajstić information content (AvgIpc) is 2.82. The van der Waals surface area contributed by atoms with Gasteiger partial charge in [-0.15, -0.1) is 0 Å². The van der Waals surface area contributed by atoms with Gasteiger partial charge in [0.1, 0.15) is 18.1 Å². The Labute approximate surface area is 124 Å². The molecular formula is C15H21N4O2+. The lowest BCUT2D eigenvalue weighted by Crippen LogP contribution is -2.23. The lowest BCUT2D eigenvalue weighted by molar-refractivity contribution is -0.671. The molecule has 6 heteroatoms. The topological polar surface area (TPSA) is 73.2 Å². The number of aryl methyl sites for hydroxylation is 2. The summed E-state index contributed by atoms with van der Waals surface area (Å²) in [6, 6.07) is 5.23. The number of hydrogen-bond acceptors (Lipinski definition) is 3. The molecule has 21 heavy (non-hydrogen) atoms. The van der Waals surface area contributed by atoms with Crippen LogP contribution in [0.1, 0.15) is 13.3 Å². The van der Waals surface area contributed by atoms with E-state index in [0.717, 1.165) is 13.0 Å². The van der Waals surface area contributed by atoms with Gasteiger partial charge in [-0.2, -0.15) is 0 Å². The van der Waals surface area contributed by atoms with Crippen LogP contribution in [0, 0.1) is 0 Å². The van der Waals surface area contributed by atoms with E-state index in [-0.39, 0.29) is 5.91 Å². The fourth-order valence-corrected chi connectivity index (χ4v) is 2.02. The van der Waals surface area contributed by atoms with E-state index < -0.39 is 0 Å². The van der Waals surface area contributed by atoms with E-state index >= 15 is 0 Å². The average molecular weight is 289 g/mol. The zero-order valence-corrected chi connectivity index (χ0v) is 12.4. The maximum atomic E-state index is 11.2. The van der Waals surface area contributed by atoms with E-state index in [1.165, 1.54) is 6.92 Å². The summed E-state index contributed by atoms with van der Waals surface area (Å²) >= 11 is 0. The molecule has 1 aromatic heterocycles. The van der Waals surface area contributed by atoms with Crippen LogP contribution in [-0.2, 0) is 18.4 Å². The number of imidazole rings is 1. The Morgan fingerprint density at radius 2 is 2.29 bits per heavy atom. The van der Waals surface area contributed by atoms with Crippen LogP contribution in [0.15, 0.2) is 36.9 Å². The monoisotopic (exact) mass is 289 g/mol. The van der Waals surface area contributed by atoms with E-state index in [1.807, 2.05) is 30.3 Å². The zero-order chi connectivity index (χ0) is 15.2. The van der Waals surface area contributed by atoms with Gasteiger partial charge < -0.3 is 15.8 Å². The van der Waals surface area contributed by atoms with Crippen LogP contribution in [0.25, 0.3) is 0 Å². The molecule has 2 aromatic rings. The highest BCUT2D eigenvalue weighted by Crippen LogP contribution is 2.27. The number of anilines is 2. The fraction of sp³-hybridized carbons (Fsp3) is 0.333. The summed E-state index contributed by atoms with van der Waals surface area (Å²) in [6.45, 7) is 2.91. The first-order valence-corrected chi connectivity index (χ1v) is 6.85. The van der Waals surface area contributed by atoms with Crippen LogP contribution in [0.4, 0.5) is 11.4 Å². The van der Waals surface area contributed by atoms with Gasteiger partial charge in [-0.3, -0.25) is 4.79 Å². The first kappa shape index (κ1) is 14.9. The minimum absolute atomic E-state index is 0.148. The number of amides is 1. The SMILES string of the molecule is CC(=O)Nc1cc(N)ccc1OCCCn1cc[n+](C)c1. The number of carbonyl (C=O) groups excluding carboxylic acids is 1. The van der Waals surface area contributed by atoms with Gasteiger partial charge in [0.25, 0.3) is 0 Å². The van der Waals surface area contributed by atoms with E-state index in [4.69, 9.17) is 10.5 Å². The molecule has 0 aliphatic carbocycles. The molecule has 1 amide bonds. The lowest BCUT2D eigenvalue weighted by Gasteiger charge is -2.12. The Morgan fingerprint density at radius 3 is 2.95 bits per heavy atom. The van der Waals surface area contributed by atoms with Crippen LogP contribution in [0.5, 0.6) is 5.75 Å². The Morgan fingerprint density at radius 1 is 1.48 bits per heavy atom. The smallest absolute Gasteiger partial charge is 0.243 e. The molecule has 6 nitrogen and oxygen atoms in total. The summed E-state index contributed by atoms with van der Waals surface area (Å²) in [5.41, 5.74) is 6.92. The normalized spacial score (nSPS) is 10.4. The first-order valence-electron chi connectivity index (χ1n) is 6.85. The van der Waals surface area contributed by atoms with Gasteiger partial charge in [-0.1, -0.05) is 0 Å². The van der Waals surface area contributed by atoms with Crippen LogP contribution in [0.2, 0.25) is 0 Å². The van der Waals surface area contributed by atoms with Crippen LogP contribution >= 0.6 is 0 Å². The van der Waals surface area contributed by atoms with Crippen molar-refractivity contribution in [2.75, 3.05) is 17.7 Å². The molecule has 0 unspecified atom stereocenters. The van der Waals surface area contributed by atoms with Gasteiger partial charge in [0.15, 0.2) is 0 Å². The number of ether oxygens (including phenoxy) is 1. The summed E-state index contributed by atoms with van der Waals surface area (Å²) in [5, 5.41) is 2.72. The predicted octanol–water partition coefficient (Wildman–Crippen LogP) is 1.32. The standard InChI is InChI=1S/C15H20N4O2/c1-12(20)17-14-10-13(16)4-5-15(14)21-9-3-6-19-8-7-18(2)11-19/h4-5,7-8,10-11H,3,6,9,16H2,1-2H3/p+1. The third-order valence-corrected chi connectivity index (χ3v) is 2.96.